The Kier molecular flexibility index (Phi) is 4.61. The van der Waals surface area contributed by atoms with Crippen molar-refractivity contribution in [1.29, 1.82) is 0 Å². The molecular formula is C14H14BrNO2S. The number of hydrogen-bond acceptors (Lipinski definition) is 2. The van der Waals surface area contributed by atoms with Gasteiger partial charge in [0.25, 0.3) is 0 Å². The number of halogens is 1. The zero-order valence-corrected chi connectivity index (χ0v) is 12.6. The summed E-state index contributed by atoms with van der Waals surface area (Å²) in [5.74, 6) is 0. The van der Waals surface area contributed by atoms with Crippen LogP contribution >= 0.6 is 15.9 Å². The summed E-state index contributed by atoms with van der Waals surface area (Å²) in [7, 11) is -3.36. The molecular weight excluding hydrogens is 326 g/mol. The zero-order valence-electron chi connectivity index (χ0n) is 10.2. The first-order valence-electron chi connectivity index (χ1n) is 5.79. The van der Waals surface area contributed by atoms with Crippen molar-refractivity contribution in [3.05, 3.63) is 66.2 Å². The van der Waals surface area contributed by atoms with Gasteiger partial charge in [-0.1, -0.05) is 64.5 Å². The van der Waals surface area contributed by atoms with E-state index < -0.39 is 10.0 Å². The fourth-order valence-electron chi connectivity index (χ4n) is 1.75. The van der Waals surface area contributed by atoms with Crippen molar-refractivity contribution in [1.82, 2.24) is 0 Å². The first-order chi connectivity index (χ1) is 9.13. The molecule has 5 heteroatoms. The molecule has 0 radical (unpaired) electrons. The Morgan fingerprint density at radius 2 is 1.42 bits per heavy atom. The van der Waals surface area contributed by atoms with E-state index in [1.165, 1.54) is 4.31 Å². The maximum Gasteiger partial charge on any atom is 0.245 e. The molecule has 3 nitrogen and oxygen atoms in total. The third-order valence-corrected chi connectivity index (χ3v) is 5.71. The molecule has 0 fully saturated rings. The number of hydrogen-bond donors (Lipinski definition) is 0. The Morgan fingerprint density at radius 1 is 0.895 bits per heavy atom. The molecule has 0 bridgehead atoms. The average Bonchev–Trinajstić information content (AvgIpc) is 2.46. The minimum absolute atomic E-state index is 0.0955. The molecule has 0 aliphatic carbocycles. The van der Waals surface area contributed by atoms with Crippen molar-refractivity contribution in [3.63, 3.8) is 0 Å². The van der Waals surface area contributed by atoms with Crippen LogP contribution in [0.5, 0.6) is 0 Å². The van der Waals surface area contributed by atoms with E-state index in [1.807, 2.05) is 48.5 Å². The van der Waals surface area contributed by atoms with Crippen molar-refractivity contribution in [2.24, 2.45) is 0 Å². The average molecular weight is 340 g/mol. The highest BCUT2D eigenvalue weighted by Gasteiger charge is 2.21. The molecule has 0 N–H and O–H groups in total. The Hall–Kier alpha value is -1.33. The highest BCUT2D eigenvalue weighted by atomic mass is 79.9. The molecule has 0 aliphatic rings. The quantitative estimate of drug-likeness (QED) is 0.783. The first kappa shape index (κ1) is 14.1. The van der Waals surface area contributed by atoms with Crippen LogP contribution in [0.4, 0.5) is 5.69 Å². The summed E-state index contributed by atoms with van der Waals surface area (Å²) in [6, 6.07) is 18.7. The van der Waals surface area contributed by atoms with Gasteiger partial charge < -0.3 is 0 Å². The molecule has 2 aromatic carbocycles. The van der Waals surface area contributed by atoms with Crippen LogP contribution in [0.1, 0.15) is 5.56 Å². The van der Waals surface area contributed by atoms with Crippen molar-refractivity contribution in [2.75, 3.05) is 8.97 Å². The lowest BCUT2D eigenvalue weighted by molar-refractivity contribution is 0.595. The molecule has 100 valence electrons. The van der Waals surface area contributed by atoms with Gasteiger partial charge in [-0.2, -0.15) is 0 Å². The van der Waals surface area contributed by atoms with Gasteiger partial charge in [0.15, 0.2) is 0 Å². The molecule has 0 atom stereocenters. The normalized spacial score (nSPS) is 11.2. The van der Waals surface area contributed by atoms with E-state index in [0.717, 1.165) is 5.56 Å². The van der Waals surface area contributed by atoms with E-state index >= 15 is 0 Å². The molecule has 0 aliphatic heterocycles. The highest BCUT2D eigenvalue weighted by Crippen LogP contribution is 2.21. The van der Waals surface area contributed by atoms with Gasteiger partial charge in [0, 0.05) is 0 Å². The summed E-state index contributed by atoms with van der Waals surface area (Å²) < 4.78 is 25.7. The van der Waals surface area contributed by atoms with E-state index in [9.17, 15) is 8.42 Å². The van der Waals surface area contributed by atoms with Crippen LogP contribution in [0, 0.1) is 0 Å². The number of benzene rings is 2. The van der Waals surface area contributed by atoms with Crippen molar-refractivity contribution in [3.8, 4) is 0 Å². The van der Waals surface area contributed by atoms with Crippen LogP contribution in [0.3, 0.4) is 0 Å². The predicted octanol–water partition coefficient (Wildman–Crippen LogP) is 3.38. The van der Waals surface area contributed by atoms with Crippen molar-refractivity contribution in [2.45, 2.75) is 6.54 Å². The van der Waals surface area contributed by atoms with Gasteiger partial charge in [-0.25, -0.2) is 8.42 Å². The highest BCUT2D eigenvalue weighted by molar-refractivity contribution is 9.10. The number of sulfonamides is 1. The van der Waals surface area contributed by atoms with Crippen molar-refractivity contribution >= 4 is 31.6 Å². The second-order valence-corrected chi connectivity index (χ2v) is 7.25. The standard InChI is InChI=1S/C14H14BrNO2S/c15-12-19(17,18)16(14-9-5-2-6-10-14)11-13-7-3-1-4-8-13/h1-10H,11-12H2. The molecule has 0 aromatic heterocycles. The van der Waals surface area contributed by atoms with Crippen LogP contribution in [0.15, 0.2) is 60.7 Å². The molecule has 0 unspecified atom stereocenters. The summed E-state index contributed by atoms with van der Waals surface area (Å²) in [5, 5.41) is 0. The van der Waals surface area contributed by atoms with Crippen LogP contribution in [-0.2, 0) is 16.6 Å². The van der Waals surface area contributed by atoms with Crippen LogP contribution in [-0.4, -0.2) is 13.1 Å². The number of nitrogens with zero attached hydrogens (tertiary/aromatic N) is 1. The van der Waals surface area contributed by atoms with Gasteiger partial charge in [-0.15, -0.1) is 0 Å². The van der Waals surface area contributed by atoms with Crippen LogP contribution in [0.2, 0.25) is 0 Å². The van der Waals surface area contributed by atoms with E-state index in [-0.39, 0.29) is 4.66 Å². The Morgan fingerprint density at radius 3 is 1.95 bits per heavy atom. The van der Waals surface area contributed by atoms with E-state index in [0.29, 0.717) is 12.2 Å². The van der Waals surface area contributed by atoms with Crippen molar-refractivity contribution < 1.29 is 8.42 Å². The van der Waals surface area contributed by atoms with Gasteiger partial charge in [0.1, 0.15) is 4.66 Å². The van der Waals surface area contributed by atoms with Gasteiger partial charge in [-0.05, 0) is 17.7 Å². The molecule has 0 amide bonds. The summed E-state index contributed by atoms with van der Waals surface area (Å²) >= 11 is 3.05. The molecule has 19 heavy (non-hydrogen) atoms. The monoisotopic (exact) mass is 339 g/mol. The number of alkyl halides is 1. The second kappa shape index (κ2) is 6.21. The summed E-state index contributed by atoms with van der Waals surface area (Å²) in [6.07, 6.45) is 0. The minimum Gasteiger partial charge on any atom is -0.265 e. The van der Waals surface area contributed by atoms with E-state index in [1.54, 1.807) is 12.1 Å². The molecule has 0 saturated heterocycles. The first-order valence-corrected chi connectivity index (χ1v) is 8.52. The topological polar surface area (TPSA) is 37.4 Å². The molecule has 0 saturated carbocycles. The third-order valence-electron chi connectivity index (χ3n) is 2.69. The Bertz CT molecular complexity index is 614. The maximum atomic E-state index is 12.2. The Labute approximate surface area is 122 Å². The maximum absolute atomic E-state index is 12.2. The lowest BCUT2D eigenvalue weighted by Gasteiger charge is -2.23. The van der Waals surface area contributed by atoms with Gasteiger partial charge >= 0.3 is 0 Å². The Balaban J connectivity index is 2.36. The number of rotatable bonds is 5. The van der Waals surface area contributed by atoms with E-state index in [4.69, 9.17) is 0 Å². The van der Waals surface area contributed by atoms with Crippen LogP contribution < -0.4 is 4.31 Å². The molecule has 2 rings (SSSR count). The smallest absolute Gasteiger partial charge is 0.245 e. The van der Waals surface area contributed by atoms with Gasteiger partial charge in [0.05, 0.1) is 12.2 Å². The summed E-state index contributed by atoms with van der Waals surface area (Å²) in [4.78, 5) is 0. The SMILES string of the molecule is O=S(=O)(CBr)N(Cc1ccccc1)c1ccccc1. The lowest BCUT2D eigenvalue weighted by Crippen LogP contribution is -2.31. The largest absolute Gasteiger partial charge is 0.265 e. The zero-order chi connectivity index (χ0) is 13.7. The molecule has 2 aromatic rings. The minimum atomic E-state index is -3.36. The second-order valence-electron chi connectivity index (χ2n) is 4.05. The number of anilines is 1. The van der Waals surface area contributed by atoms with E-state index in [2.05, 4.69) is 15.9 Å². The van der Waals surface area contributed by atoms with Crippen LogP contribution in [0.25, 0.3) is 0 Å². The predicted molar refractivity (Wildman–Crippen MR) is 81.8 cm³/mol. The fourth-order valence-corrected chi connectivity index (χ4v) is 3.40. The lowest BCUT2D eigenvalue weighted by atomic mass is 10.2. The van der Waals surface area contributed by atoms with Gasteiger partial charge in [0.2, 0.25) is 10.0 Å². The summed E-state index contributed by atoms with van der Waals surface area (Å²) in [5.41, 5.74) is 1.63. The van der Waals surface area contributed by atoms with Gasteiger partial charge in [-0.3, -0.25) is 4.31 Å². The molecule has 0 spiro atoms. The molecule has 0 heterocycles. The number of para-hydroxylation sites is 1. The summed E-state index contributed by atoms with van der Waals surface area (Å²) in [6.45, 7) is 0.332. The fraction of sp³-hybridized carbons (Fsp3) is 0.143. The third kappa shape index (κ3) is 3.58.